The first-order valence-electron chi connectivity index (χ1n) is 3.72. The molecule has 0 atom stereocenters. The van der Waals surface area contributed by atoms with E-state index >= 15 is 0 Å². The van der Waals surface area contributed by atoms with Crippen LogP contribution in [-0.2, 0) is 0 Å². The molecule has 62 valence electrons. The largest absolute Gasteiger partial charge is 0.328 e. The molecule has 0 unspecified atom stereocenters. The zero-order valence-corrected chi connectivity index (χ0v) is 7.27. The molecule has 0 bridgehead atoms. The average Bonchev–Trinajstić information content (AvgIpc) is 2.03. The van der Waals surface area contributed by atoms with Crippen LogP contribution in [0.4, 0.5) is 4.79 Å². The molecule has 2 amide bonds. The fraction of sp³-hybridized carbons (Fsp3) is 0.625. The molecule has 11 heavy (non-hydrogen) atoms. The molecule has 0 spiro atoms. The number of rotatable bonds is 2. The summed E-state index contributed by atoms with van der Waals surface area (Å²) in [5.41, 5.74) is 0. The van der Waals surface area contributed by atoms with Gasteiger partial charge in [0.15, 0.2) is 0 Å². The number of hydrogen-bond donors (Lipinski definition) is 1. The van der Waals surface area contributed by atoms with Crippen LogP contribution in [-0.4, -0.2) is 24.0 Å². The Balaban J connectivity index is 3.85. The lowest BCUT2D eigenvalue weighted by atomic mass is 10.5. The van der Waals surface area contributed by atoms with Crippen LogP contribution < -0.4 is 5.32 Å². The van der Waals surface area contributed by atoms with E-state index in [1.54, 1.807) is 11.8 Å². The minimum Gasteiger partial charge on any atom is -0.325 e. The van der Waals surface area contributed by atoms with Crippen molar-refractivity contribution in [1.82, 2.24) is 10.2 Å². The topological polar surface area (TPSA) is 32.3 Å². The Morgan fingerprint density at radius 2 is 2.00 bits per heavy atom. The lowest BCUT2D eigenvalue weighted by molar-refractivity contribution is 0.208. The summed E-state index contributed by atoms with van der Waals surface area (Å²) in [6, 6.07) is 2.38. The Labute approximate surface area is 67.8 Å². The van der Waals surface area contributed by atoms with E-state index in [9.17, 15) is 4.79 Å². The summed E-state index contributed by atoms with van der Waals surface area (Å²) in [5, 5.41) is 2.46. The highest BCUT2D eigenvalue weighted by Crippen LogP contribution is 1.85. The van der Waals surface area contributed by atoms with E-state index in [2.05, 4.69) is 17.3 Å². The number of carbonyl (C=O) groups excluding carboxylic acids is 1. The molecule has 1 N–H and O–H groups in total. The van der Waals surface area contributed by atoms with Gasteiger partial charge in [-0.2, -0.15) is 0 Å². The maximum Gasteiger partial charge on any atom is 0.328 e. The third-order valence-corrected chi connectivity index (χ3v) is 1.35. The van der Waals surface area contributed by atoms with Crippen molar-refractivity contribution in [3.63, 3.8) is 0 Å². The van der Waals surface area contributed by atoms with Gasteiger partial charge in [-0.15, -0.1) is 0 Å². The van der Waals surface area contributed by atoms with Crippen LogP contribution in [0.1, 0.15) is 20.8 Å². The number of amides is 2. The van der Waals surface area contributed by atoms with E-state index in [0.29, 0.717) is 13.1 Å². The Morgan fingerprint density at radius 3 is 2.36 bits per heavy atom. The van der Waals surface area contributed by atoms with E-state index in [-0.39, 0.29) is 6.03 Å². The van der Waals surface area contributed by atoms with Crippen LogP contribution in [0.5, 0.6) is 0 Å². The van der Waals surface area contributed by atoms with Crippen molar-refractivity contribution in [2.45, 2.75) is 20.8 Å². The molecule has 0 aliphatic heterocycles. The molecular weight excluding hydrogens is 140 g/mol. The van der Waals surface area contributed by atoms with Crippen LogP contribution in [0.2, 0.25) is 0 Å². The van der Waals surface area contributed by atoms with Crippen molar-refractivity contribution in [3.05, 3.63) is 0 Å². The van der Waals surface area contributed by atoms with Crippen molar-refractivity contribution < 1.29 is 4.79 Å². The molecule has 0 aromatic heterocycles. The van der Waals surface area contributed by atoms with E-state index in [0.717, 1.165) is 0 Å². The zero-order valence-electron chi connectivity index (χ0n) is 7.27. The van der Waals surface area contributed by atoms with Crippen molar-refractivity contribution in [2.75, 3.05) is 13.1 Å². The molecule has 0 aliphatic rings. The highest BCUT2D eigenvalue weighted by atomic mass is 16.2. The van der Waals surface area contributed by atoms with Crippen molar-refractivity contribution in [2.24, 2.45) is 0 Å². The van der Waals surface area contributed by atoms with Crippen LogP contribution in [0, 0.1) is 12.0 Å². The highest BCUT2D eigenvalue weighted by molar-refractivity contribution is 5.75. The summed E-state index contributed by atoms with van der Waals surface area (Å²) >= 11 is 0. The SMILES string of the molecule is CC#CNC(=O)N(CC)CC. The monoisotopic (exact) mass is 154 g/mol. The van der Waals surface area contributed by atoms with E-state index in [1.807, 2.05) is 13.8 Å². The second-order valence-corrected chi connectivity index (χ2v) is 1.98. The van der Waals surface area contributed by atoms with Gasteiger partial charge >= 0.3 is 6.03 Å². The Kier molecular flexibility index (Phi) is 5.01. The molecule has 0 aromatic rings. The molecule has 0 rings (SSSR count). The molecule has 0 radical (unpaired) electrons. The molecule has 0 aromatic carbocycles. The first kappa shape index (κ1) is 9.83. The van der Waals surface area contributed by atoms with Gasteiger partial charge in [0.05, 0.1) is 0 Å². The average molecular weight is 154 g/mol. The van der Waals surface area contributed by atoms with Gasteiger partial charge in [0.2, 0.25) is 0 Å². The predicted molar refractivity (Wildman–Crippen MR) is 44.9 cm³/mol. The molecular formula is C8H14N2O. The normalized spacial score (nSPS) is 7.91. The molecule has 0 heterocycles. The van der Waals surface area contributed by atoms with Gasteiger partial charge in [0.1, 0.15) is 0 Å². The van der Waals surface area contributed by atoms with Gasteiger partial charge in [-0.05, 0) is 20.8 Å². The third-order valence-electron chi connectivity index (χ3n) is 1.35. The summed E-state index contributed by atoms with van der Waals surface area (Å²) in [6.07, 6.45) is 0. The molecule has 0 fully saturated rings. The summed E-state index contributed by atoms with van der Waals surface area (Å²) < 4.78 is 0. The van der Waals surface area contributed by atoms with Crippen LogP contribution in [0.25, 0.3) is 0 Å². The summed E-state index contributed by atoms with van der Waals surface area (Å²) in [5.74, 6) is 2.59. The Hall–Kier alpha value is -1.17. The van der Waals surface area contributed by atoms with Crippen molar-refractivity contribution in [1.29, 1.82) is 0 Å². The smallest absolute Gasteiger partial charge is 0.325 e. The maximum absolute atomic E-state index is 11.1. The highest BCUT2D eigenvalue weighted by Gasteiger charge is 2.05. The minimum absolute atomic E-state index is 0.121. The van der Waals surface area contributed by atoms with Gasteiger partial charge in [-0.3, -0.25) is 5.32 Å². The molecule has 0 saturated heterocycles. The summed E-state index contributed by atoms with van der Waals surface area (Å²) in [4.78, 5) is 12.7. The second-order valence-electron chi connectivity index (χ2n) is 1.98. The Morgan fingerprint density at radius 1 is 1.45 bits per heavy atom. The molecule has 3 heteroatoms. The van der Waals surface area contributed by atoms with Gasteiger partial charge in [0.25, 0.3) is 0 Å². The van der Waals surface area contributed by atoms with Gasteiger partial charge in [0, 0.05) is 19.1 Å². The number of hydrogen-bond acceptors (Lipinski definition) is 1. The van der Waals surface area contributed by atoms with Crippen molar-refractivity contribution in [3.8, 4) is 12.0 Å². The van der Waals surface area contributed by atoms with E-state index in [1.165, 1.54) is 0 Å². The molecule has 0 saturated carbocycles. The second kappa shape index (κ2) is 5.60. The number of urea groups is 1. The summed E-state index contributed by atoms with van der Waals surface area (Å²) in [6.45, 7) is 6.98. The predicted octanol–water partition coefficient (Wildman–Crippen LogP) is 1.02. The minimum atomic E-state index is -0.121. The maximum atomic E-state index is 11.1. The number of carbonyl (C=O) groups is 1. The molecule has 0 aliphatic carbocycles. The van der Waals surface area contributed by atoms with Gasteiger partial charge < -0.3 is 4.90 Å². The van der Waals surface area contributed by atoms with E-state index < -0.39 is 0 Å². The quantitative estimate of drug-likeness (QED) is 0.467. The Bertz CT molecular complexity index is 174. The standard InChI is InChI=1S/C8H14N2O/c1-4-7-9-8(11)10(5-2)6-3/h5-6H2,1-3H3,(H,9,11). The lowest BCUT2D eigenvalue weighted by Crippen LogP contribution is -2.37. The first-order valence-corrected chi connectivity index (χ1v) is 3.72. The summed E-state index contributed by atoms with van der Waals surface area (Å²) in [7, 11) is 0. The van der Waals surface area contributed by atoms with Crippen LogP contribution >= 0.6 is 0 Å². The van der Waals surface area contributed by atoms with Crippen LogP contribution in [0.3, 0.4) is 0 Å². The number of nitrogens with one attached hydrogen (secondary N) is 1. The lowest BCUT2D eigenvalue weighted by Gasteiger charge is -2.16. The fourth-order valence-electron chi connectivity index (χ4n) is 0.706. The van der Waals surface area contributed by atoms with E-state index in [4.69, 9.17) is 0 Å². The third kappa shape index (κ3) is 3.51. The van der Waals surface area contributed by atoms with Crippen molar-refractivity contribution >= 4 is 6.03 Å². The first-order chi connectivity index (χ1) is 5.26. The van der Waals surface area contributed by atoms with Gasteiger partial charge in [-0.25, -0.2) is 4.79 Å². The molecule has 3 nitrogen and oxygen atoms in total. The van der Waals surface area contributed by atoms with Gasteiger partial charge in [-0.1, -0.05) is 5.92 Å². The number of nitrogens with zero attached hydrogens (tertiary/aromatic N) is 1. The van der Waals surface area contributed by atoms with Crippen LogP contribution in [0.15, 0.2) is 0 Å². The zero-order chi connectivity index (χ0) is 8.69. The fourth-order valence-corrected chi connectivity index (χ4v) is 0.706.